The molecule has 0 saturated heterocycles. The Balaban J connectivity index is 3.05. The van der Waals surface area contributed by atoms with E-state index in [1.165, 1.54) is 0 Å². The molecule has 2 N–H and O–H groups in total. The topological polar surface area (TPSA) is 74.6 Å². The van der Waals surface area contributed by atoms with Crippen molar-refractivity contribution >= 4 is 11.9 Å². The van der Waals surface area contributed by atoms with Gasteiger partial charge in [0.25, 0.3) is 0 Å². The van der Waals surface area contributed by atoms with Gasteiger partial charge in [0.2, 0.25) is 0 Å². The molecule has 0 fully saturated rings. The SMILES string of the molecule is [2H]c1c([2H])c(-c2c([2H])c([2H])c(C(=O)O)c([2H])c2[2H])c([2H])c([2H])c1C(=O)O. The minimum Gasteiger partial charge on any atom is -0.478 e. The van der Waals surface area contributed by atoms with Crippen molar-refractivity contribution in [3.8, 4) is 11.1 Å². The molecule has 0 heterocycles. The minimum absolute atomic E-state index is 0.640. The highest BCUT2D eigenvalue weighted by Gasteiger charge is 2.05. The van der Waals surface area contributed by atoms with Gasteiger partial charge >= 0.3 is 11.9 Å². The van der Waals surface area contributed by atoms with Crippen LogP contribution in [-0.4, -0.2) is 22.2 Å². The van der Waals surface area contributed by atoms with E-state index in [0.717, 1.165) is 0 Å². The summed E-state index contributed by atoms with van der Waals surface area (Å²) in [6.07, 6.45) is 0. The first-order chi connectivity index (χ1) is 11.9. The van der Waals surface area contributed by atoms with Crippen LogP contribution in [0.3, 0.4) is 0 Å². The maximum atomic E-state index is 11.2. The Labute approximate surface area is 114 Å². The van der Waals surface area contributed by atoms with E-state index in [-0.39, 0.29) is 0 Å². The number of benzene rings is 2. The van der Waals surface area contributed by atoms with Crippen molar-refractivity contribution in [2.24, 2.45) is 0 Å². The molecule has 0 saturated carbocycles. The molecule has 0 spiro atoms. The fraction of sp³-hybridized carbons (Fsp3) is 0. The zero-order valence-corrected chi connectivity index (χ0v) is 8.71. The van der Waals surface area contributed by atoms with Gasteiger partial charge in [0.05, 0.1) is 22.1 Å². The predicted octanol–water partition coefficient (Wildman–Crippen LogP) is 2.75. The van der Waals surface area contributed by atoms with Crippen LogP contribution in [0.4, 0.5) is 0 Å². The molecule has 2 rings (SSSR count). The van der Waals surface area contributed by atoms with Crippen LogP contribution in [0.15, 0.2) is 48.3 Å². The maximum absolute atomic E-state index is 11.2. The molecule has 0 unspecified atom stereocenters. The smallest absolute Gasteiger partial charge is 0.335 e. The van der Waals surface area contributed by atoms with Crippen molar-refractivity contribution in [1.29, 1.82) is 0 Å². The average Bonchev–Trinajstić information content (AvgIpc) is 2.54. The molecule has 0 aliphatic heterocycles. The molecule has 0 amide bonds. The molecule has 0 aromatic heterocycles. The molecule has 4 heteroatoms. The summed E-state index contributed by atoms with van der Waals surface area (Å²) in [6.45, 7) is 0. The van der Waals surface area contributed by atoms with Crippen LogP contribution >= 0.6 is 0 Å². The van der Waals surface area contributed by atoms with Gasteiger partial charge in [-0.15, -0.1) is 0 Å². The van der Waals surface area contributed by atoms with Crippen LogP contribution in [-0.2, 0) is 0 Å². The number of hydrogen-bond acceptors (Lipinski definition) is 2. The normalized spacial score (nSPS) is 16.2. The molecule has 90 valence electrons. The van der Waals surface area contributed by atoms with Gasteiger partial charge < -0.3 is 10.2 Å². The van der Waals surface area contributed by atoms with Crippen molar-refractivity contribution in [3.05, 3.63) is 59.5 Å². The van der Waals surface area contributed by atoms with Gasteiger partial charge in [-0.2, -0.15) is 0 Å². The second kappa shape index (κ2) is 4.71. The maximum Gasteiger partial charge on any atom is 0.335 e. The molecule has 0 bridgehead atoms. The Morgan fingerprint density at radius 1 is 0.722 bits per heavy atom. The first-order valence-electron chi connectivity index (χ1n) is 8.61. The predicted molar refractivity (Wildman–Crippen MR) is 65.8 cm³/mol. The number of aromatic carboxylic acids is 2. The van der Waals surface area contributed by atoms with E-state index in [1.54, 1.807) is 0 Å². The van der Waals surface area contributed by atoms with Crippen molar-refractivity contribution in [1.82, 2.24) is 0 Å². The fourth-order valence-electron chi connectivity index (χ4n) is 1.09. The lowest BCUT2D eigenvalue weighted by Gasteiger charge is -2.03. The largest absolute Gasteiger partial charge is 0.478 e. The average molecular weight is 250 g/mol. The Bertz CT molecular complexity index is 848. The second-order valence-corrected chi connectivity index (χ2v) is 3.11. The summed E-state index contributed by atoms with van der Waals surface area (Å²) in [7, 11) is 0. The van der Waals surface area contributed by atoms with E-state index in [4.69, 9.17) is 21.2 Å². The molecule has 18 heavy (non-hydrogen) atoms. The molecular formula is C14H10O4. The summed E-state index contributed by atoms with van der Waals surface area (Å²) < 4.78 is 62.6. The lowest BCUT2D eigenvalue weighted by molar-refractivity contribution is 0.0686. The van der Waals surface area contributed by atoms with Crippen LogP contribution in [0, 0.1) is 0 Å². The van der Waals surface area contributed by atoms with Crippen LogP contribution in [0.2, 0.25) is 0 Å². The highest BCUT2D eigenvalue weighted by molar-refractivity contribution is 5.89. The van der Waals surface area contributed by atoms with Crippen molar-refractivity contribution in [2.45, 2.75) is 0 Å². The first kappa shape index (κ1) is 5.35. The third kappa shape index (κ3) is 2.38. The zero-order valence-electron chi connectivity index (χ0n) is 16.7. The molecule has 4 nitrogen and oxygen atoms in total. The molecule has 0 aliphatic rings. The summed E-state index contributed by atoms with van der Waals surface area (Å²) in [6, 6.07) is -7.17. The molecule has 0 radical (unpaired) electrons. The molecule has 0 atom stereocenters. The van der Waals surface area contributed by atoms with Gasteiger partial charge in [0.15, 0.2) is 0 Å². The number of rotatable bonds is 3. The number of carbonyl (C=O) groups is 2. The van der Waals surface area contributed by atoms with Crippen molar-refractivity contribution in [2.75, 3.05) is 0 Å². The molecular weight excluding hydrogens is 232 g/mol. The zero-order chi connectivity index (χ0) is 20.1. The quantitative estimate of drug-likeness (QED) is 0.878. The van der Waals surface area contributed by atoms with Gasteiger partial charge in [-0.25, -0.2) is 9.59 Å². The number of carboxylic acid groups (broad SMARTS) is 2. The summed E-state index contributed by atoms with van der Waals surface area (Å²) in [4.78, 5) is 22.3. The van der Waals surface area contributed by atoms with E-state index in [1.807, 2.05) is 0 Å². The van der Waals surface area contributed by atoms with E-state index < -0.39 is 82.5 Å². The number of carboxylic acids is 2. The lowest BCUT2D eigenvalue weighted by Crippen LogP contribution is -1.96. The van der Waals surface area contributed by atoms with Crippen LogP contribution in [0.1, 0.15) is 31.7 Å². The van der Waals surface area contributed by atoms with Gasteiger partial charge in [-0.1, -0.05) is 24.2 Å². The van der Waals surface area contributed by atoms with E-state index >= 15 is 0 Å². The second-order valence-electron chi connectivity index (χ2n) is 3.11. The Hall–Kier alpha value is -2.62. The number of hydrogen-bond donors (Lipinski definition) is 2. The summed E-state index contributed by atoms with van der Waals surface area (Å²) in [5.41, 5.74) is -3.08. The highest BCUT2D eigenvalue weighted by atomic mass is 16.4. The molecule has 2 aromatic rings. The summed E-state index contributed by atoms with van der Waals surface area (Å²) in [5.74, 6) is -3.40. The lowest BCUT2D eigenvalue weighted by atomic mass is 10.0. The Kier molecular flexibility index (Phi) is 1.40. The Morgan fingerprint density at radius 2 is 1.00 bits per heavy atom. The van der Waals surface area contributed by atoms with Gasteiger partial charge in [0.1, 0.15) is 0 Å². The van der Waals surface area contributed by atoms with E-state index in [0.29, 0.717) is 0 Å². The van der Waals surface area contributed by atoms with E-state index in [2.05, 4.69) is 0 Å². The standard InChI is InChI=1S/C14H10O4/c15-13(16)11-5-1-9(2-6-11)10-3-7-12(8-4-10)14(17)18/h1-8H,(H,15,16)(H,17,18)/i1D,2D,3D,4D,5D,6D,7D,8D. The summed E-state index contributed by atoms with van der Waals surface area (Å²) in [5, 5.41) is 18.1. The fourth-order valence-corrected chi connectivity index (χ4v) is 1.09. The highest BCUT2D eigenvalue weighted by Crippen LogP contribution is 2.20. The molecule has 2 aromatic carbocycles. The van der Waals surface area contributed by atoms with Gasteiger partial charge in [-0.3, -0.25) is 0 Å². The third-order valence-corrected chi connectivity index (χ3v) is 1.93. The van der Waals surface area contributed by atoms with Crippen molar-refractivity contribution < 1.29 is 30.8 Å². The Morgan fingerprint density at radius 3 is 1.22 bits per heavy atom. The van der Waals surface area contributed by atoms with Crippen LogP contribution < -0.4 is 0 Å². The molecule has 0 aliphatic carbocycles. The van der Waals surface area contributed by atoms with Crippen LogP contribution in [0.25, 0.3) is 11.1 Å². The third-order valence-electron chi connectivity index (χ3n) is 1.93. The van der Waals surface area contributed by atoms with Crippen molar-refractivity contribution in [3.63, 3.8) is 0 Å². The monoisotopic (exact) mass is 250 g/mol. The first-order valence-corrected chi connectivity index (χ1v) is 4.61. The van der Waals surface area contributed by atoms with Gasteiger partial charge in [0, 0.05) is 0 Å². The van der Waals surface area contributed by atoms with Crippen LogP contribution in [0.5, 0.6) is 0 Å². The summed E-state index contributed by atoms with van der Waals surface area (Å²) >= 11 is 0. The van der Waals surface area contributed by atoms with Gasteiger partial charge in [-0.05, 0) is 35.3 Å². The minimum atomic E-state index is -1.70. The van der Waals surface area contributed by atoms with E-state index in [9.17, 15) is 9.59 Å².